The third kappa shape index (κ3) is 1.58. The molecule has 2 aromatic carbocycles. The van der Waals surface area contributed by atoms with Crippen molar-refractivity contribution in [2.45, 2.75) is 5.92 Å². The Kier molecular flexibility index (Phi) is 2.42. The highest BCUT2D eigenvalue weighted by Gasteiger charge is 2.44. The lowest BCUT2D eigenvalue weighted by atomic mass is 10.1. The van der Waals surface area contributed by atoms with Crippen LogP contribution in [0, 0.1) is 0 Å². The summed E-state index contributed by atoms with van der Waals surface area (Å²) in [5, 5.41) is 0. The van der Waals surface area contributed by atoms with Gasteiger partial charge in [0.25, 0.3) is 5.92 Å². The Morgan fingerprint density at radius 3 is 1.59 bits per heavy atom. The second-order valence-corrected chi connectivity index (χ2v) is 5.79. The van der Waals surface area contributed by atoms with Gasteiger partial charge < -0.3 is 0 Å². The predicted octanol–water partition coefficient (Wildman–Crippen LogP) is 5.33. The van der Waals surface area contributed by atoms with E-state index in [1.807, 2.05) is 0 Å². The summed E-state index contributed by atoms with van der Waals surface area (Å²) in [6.07, 6.45) is 0. The van der Waals surface area contributed by atoms with E-state index in [4.69, 9.17) is 0 Å². The molecule has 0 spiro atoms. The first-order valence-electron chi connectivity index (χ1n) is 4.98. The van der Waals surface area contributed by atoms with Gasteiger partial charge in [0.15, 0.2) is 0 Å². The summed E-state index contributed by atoms with van der Waals surface area (Å²) in [6.45, 7) is 0. The zero-order chi connectivity index (χ0) is 12.2. The summed E-state index contributed by atoms with van der Waals surface area (Å²) in [5.41, 5.74) is 1.36. The van der Waals surface area contributed by atoms with Crippen molar-refractivity contribution in [1.29, 1.82) is 0 Å². The van der Waals surface area contributed by atoms with Crippen molar-refractivity contribution < 1.29 is 8.78 Å². The molecular formula is C13H6Br2F2. The van der Waals surface area contributed by atoms with Crippen LogP contribution in [-0.2, 0) is 5.92 Å². The molecule has 0 nitrogen and oxygen atoms in total. The van der Waals surface area contributed by atoms with Crippen LogP contribution >= 0.6 is 31.9 Å². The molecule has 0 bridgehead atoms. The summed E-state index contributed by atoms with van der Waals surface area (Å²) < 4.78 is 29.8. The van der Waals surface area contributed by atoms with Gasteiger partial charge in [0.2, 0.25) is 0 Å². The van der Waals surface area contributed by atoms with Crippen molar-refractivity contribution in [3.8, 4) is 11.1 Å². The fourth-order valence-corrected chi connectivity index (χ4v) is 2.89. The quantitative estimate of drug-likeness (QED) is 0.596. The highest BCUT2D eigenvalue weighted by Crippen LogP contribution is 2.52. The van der Waals surface area contributed by atoms with Crippen LogP contribution in [0.4, 0.5) is 8.78 Å². The standard InChI is InChI=1S/C13H6Br2F2/c14-7-1-3-9-10-4-2-8(15)6-12(10)13(16,17)11(9)5-7/h1-6H. The van der Waals surface area contributed by atoms with E-state index in [9.17, 15) is 8.78 Å². The van der Waals surface area contributed by atoms with Crippen LogP contribution in [0.2, 0.25) is 0 Å². The van der Waals surface area contributed by atoms with Gasteiger partial charge in [0, 0.05) is 20.1 Å². The molecule has 0 radical (unpaired) electrons. The van der Waals surface area contributed by atoms with E-state index in [1.165, 1.54) is 12.1 Å². The molecule has 0 unspecified atom stereocenters. The van der Waals surface area contributed by atoms with Gasteiger partial charge in [-0.25, -0.2) is 0 Å². The van der Waals surface area contributed by atoms with E-state index in [-0.39, 0.29) is 11.1 Å². The lowest BCUT2D eigenvalue weighted by Gasteiger charge is -2.12. The molecule has 0 amide bonds. The molecule has 2 aromatic rings. The van der Waals surface area contributed by atoms with E-state index in [0.717, 1.165) is 0 Å². The van der Waals surface area contributed by atoms with Crippen molar-refractivity contribution in [2.75, 3.05) is 0 Å². The Labute approximate surface area is 114 Å². The Bertz CT molecular complexity index is 567. The Balaban J connectivity index is 2.37. The molecule has 1 aliphatic rings. The van der Waals surface area contributed by atoms with E-state index in [2.05, 4.69) is 31.9 Å². The highest BCUT2D eigenvalue weighted by molar-refractivity contribution is 9.10. The molecule has 0 saturated heterocycles. The topological polar surface area (TPSA) is 0 Å². The number of rotatable bonds is 0. The zero-order valence-corrected chi connectivity index (χ0v) is 11.6. The molecule has 0 N–H and O–H groups in total. The van der Waals surface area contributed by atoms with Crippen molar-refractivity contribution >= 4 is 31.9 Å². The van der Waals surface area contributed by atoms with Gasteiger partial charge in [-0.2, -0.15) is 8.78 Å². The molecule has 1 aliphatic carbocycles. The maximum absolute atomic E-state index is 14.2. The Morgan fingerprint density at radius 1 is 0.765 bits per heavy atom. The summed E-state index contributed by atoms with van der Waals surface area (Å²) >= 11 is 6.47. The zero-order valence-electron chi connectivity index (χ0n) is 8.48. The highest BCUT2D eigenvalue weighted by atomic mass is 79.9. The number of alkyl halides is 2. The van der Waals surface area contributed by atoms with Crippen molar-refractivity contribution in [3.05, 3.63) is 56.5 Å². The van der Waals surface area contributed by atoms with Crippen molar-refractivity contribution in [3.63, 3.8) is 0 Å². The minimum atomic E-state index is -2.92. The molecule has 3 rings (SSSR count). The molecule has 0 aliphatic heterocycles. The molecule has 17 heavy (non-hydrogen) atoms. The first-order valence-corrected chi connectivity index (χ1v) is 6.57. The van der Waals surface area contributed by atoms with Crippen LogP contribution in [0.1, 0.15) is 11.1 Å². The van der Waals surface area contributed by atoms with Crippen LogP contribution in [-0.4, -0.2) is 0 Å². The summed E-state index contributed by atoms with van der Waals surface area (Å²) in [5.74, 6) is -2.92. The average molecular weight is 360 g/mol. The monoisotopic (exact) mass is 358 g/mol. The lowest BCUT2D eigenvalue weighted by Crippen LogP contribution is -2.10. The normalized spacial score (nSPS) is 15.5. The lowest BCUT2D eigenvalue weighted by molar-refractivity contribution is 0.0479. The predicted molar refractivity (Wildman–Crippen MR) is 70.3 cm³/mol. The van der Waals surface area contributed by atoms with Gasteiger partial charge in [-0.15, -0.1) is 0 Å². The SMILES string of the molecule is FC1(F)c2cc(Br)ccc2-c2ccc(Br)cc21. The number of fused-ring (bicyclic) bond motifs is 3. The van der Waals surface area contributed by atoms with E-state index < -0.39 is 5.92 Å². The van der Waals surface area contributed by atoms with Crippen LogP contribution in [0.25, 0.3) is 11.1 Å². The van der Waals surface area contributed by atoms with Gasteiger partial charge in [0.1, 0.15) is 0 Å². The molecule has 0 aromatic heterocycles. The van der Waals surface area contributed by atoms with E-state index >= 15 is 0 Å². The van der Waals surface area contributed by atoms with Gasteiger partial charge in [-0.05, 0) is 35.4 Å². The van der Waals surface area contributed by atoms with Crippen LogP contribution in [0.5, 0.6) is 0 Å². The largest absolute Gasteiger partial charge is 0.299 e. The van der Waals surface area contributed by atoms with Gasteiger partial charge in [0.05, 0.1) is 0 Å². The van der Waals surface area contributed by atoms with Crippen molar-refractivity contribution in [2.24, 2.45) is 0 Å². The summed E-state index contributed by atoms with van der Waals surface area (Å²) in [4.78, 5) is 0. The fraction of sp³-hybridized carbons (Fsp3) is 0.0769. The first kappa shape index (κ1) is 11.4. The van der Waals surface area contributed by atoms with Gasteiger partial charge in [-0.1, -0.05) is 44.0 Å². The van der Waals surface area contributed by atoms with Gasteiger partial charge in [-0.3, -0.25) is 0 Å². The van der Waals surface area contributed by atoms with E-state index in [0.29, 0.717) is 20.1 Å². The molecule has 86 valence electrons. The molecule has 4 heteroatoms. The average Bonchev–Trinajstić information content (AvgIpc) is 2.49. The maximum atomic E-state index is 14.2. The molecule has 0 heterocycles. The first-order chi connectivity index (χ1) is 8.00. The van der Waals surface area contributed by atoms with Gasteiger partial charge >= 0.3 is 0 Å². The van der Waals surface area contributed by atoms with Crippen LogP contribution in [0.15, 0.2) is 45.3 Å². The third-order valence-corrected chi connectivity index (χ3v) is 3.92. The van der Waals surface area contributed by atoms with Crippen LogP contribution in [0.3, 0.4) is 0 Å². The van der Waals surface area contributed by atoms with E-state index in [1.54, 1.807) is 24.3 Å². The number of halogens is 4. The number of hydrogen-bond acceptors (Lipinski definition) is 0. The van der Waals surface area contributed by atoms with Crippen LogP contribution < -0.4 is 0 Å². The molecule has 0 atom stereocenters. The smallest absolute Gasteiger partial charge is 0.196 e. The summed E-state index contributed by atoms with van der Waals surface area (Å²) in [6, 6.07) is 10.0. The minimum Gasteiger partial charge on any atom is -0.196 e. The Morgan fingerprint density at radius 2 is 1.18 bits per heavy atom. The van der Waals surface area contributed by atoms with Crippen molar-refractivity contribution in [1.82, 2.24) is 0 Å². The Hall–Kier alpha value is -0.740. The second kappa shape index (κ2) is 3.62. The third-order valence-electron chi connectivity index (χ3n) is 2.93. The second-order valence-electron chi connectivity index (χ2n) is 3.95. The minimum absolute atomic E-state index is 0.0694. The molecule has 0 saturated carbocycles. The maximum Gasteiger partial charge on any atom is 0.299 e. The summed E-state index contributed by atoms with van der Waals surface area (Å²) in [7, 11) is 0. The fourth-order valence-electron chi connectivity index (χ4n) is 2.17. The molecule has 0 fully saturated rings. The molecular weight excluding hydrogens is 354 g/mol. The number of benzene rings is 2. The number of hydrogen-bond donors (Lipinski definition) is 0.